The molecule has 5 heteroatoms. The molecule has 1 N–H and O–H groups in total. The Morgan fingerprint density at radius 1 is 1.32 bits per heavy atom. The Bertz CT molecular complexity index is 785. The van der Waals surface area contributed by atoms with Crippen LogP contribution in [-0.4, -0.2) is 25.5 Å². The van der Waals surface area contributed by atoms with Gasteiger partial charge in [0.05, 0.1) is 11.9 Å². The molecule has 114 valence electrons. The summed E-state index contributed by atoms with van der Waals surface area (Å²) in [5, 5.41) is 3.58. The monoisotopic (exact) mass is 295 g/mol. The first-order chi connectivity index (χ1) is 10.8. The maximum atomic E-state index is 4.52. The van der Waals surface area contributed by atoms with Crippen molar-refractivity contribution >= 4 is 5.65 Å². The lowest BCUT2D eigenvalue weighted by molar-refractivity contribution is 0.422. The van der Waals surface area contributed by atoms with Gasteiger partial charge in [-0.05, 0) is 37.5 Å². The molecular formula is C17H21N5. The standard InChI is InChI=1S/C17H21N5/c1-13-4-7-22-15(12-20-16(22)9-13)11-18-10-14-3-2-6-21-8-5-19-17(14)21/h4-5,7-9,12,14,18H,2-3,6,10-11H2,1H3. The fourth-order valence-corrected chi connectivity index (χ4v) is 3.34. The highest BCUT2D eigenvalue weighted by Crippen LogP contribution is 2.24. The summed E-state index contributed by atoms with van der Waals surface area (Å²) in [6, 6.07) is 4.23. The number of fused-ring (bicyclic) bond motifs is 2. The number of aryl methyl sites for hydroxylation is 2. The van der Waals surface area contributed by atoms with Gasteiger partial charge in [-0.3, -0.25) is 0 Å². The second kappa shape index (κ2) is 5.57. The van der Waals surface area contributed by atoms with Gasteiger partial charge < -0.3 is 14.3 Å². The zero-order valence-electron chi connectivity index (χ0n) is 12.9. The second-order valence-electron chi connectivity index (χ2n) is 6.13. The topological polar surface area (TPSA) is 47.1 Å². The molecule has 0 spiro atoms. The summed E-state index contributed by atoms with van der Waals surface area (Å²) in [4.78, 5) is 9.00. The van der Waals surface area contributed by atoms with Crippen molar-refractivity contribution in [1.82, 2.24) is 24.3 Å². The molecule has 0 amide bonds. The predicted molar refractivity (Wildman–Crippen MR) is 85.8 cm³/mol. The van der Waals surface area contributed by atoms with Crippen LogP contribution in [0.2, 0.25) is 0 Å². The van der Waals surface area contributed by atoms with E-state index < -0.39 is 0 Å². The third-order valence-corrected chi connectivity index (χ3v) is 4.51. The quantitative estimate of drug-likeness (QED) is 0.804. The molecule has 1 atom stereocenters. The minimum atomic E-state index is 0.519. The largest absolute Gasteiger partial charge is 0.335 e. The molecule has 22 heavy (non-hydrogen) atoms. The Hall–Kier alpha value is -2.14. The van der Waals surface area contributed by atoms with E-state index in [2.05, 4.69) is 55.7 Å². The van der Waals surface area contributed by atoms with Crippen molar-refractivity contribution in [3.8, 4) is 0 Å². The molecule has 4 rings (SSSR count). The van der Waals surface area contributed by atoms with Crippen LogP contribution in [0.5, 0.6) is 0 Å². The van der Waals surface area contributed by atoms with E-state index in [4.69, 9.17) is 0 Å². The highest BCUT2D eigenvalue weighted by molar-refractivity contribution is 5.42. The SMILES string of the molecule is Cc1ccn2c(CNCC3CCCn4ccnc43)cnc2c1. The Labute approximate surface area is 130 Å². The van der Waals surface area contributed by atoms with Gasteiger partial charge in [-0.1, -0.05) is 0 Å². The van der Waals surface area contributed by atoms with Crippen LogP contribution in [0.3, 0.4) is 0 Å². The van der Waals surface area contributed by atoms with Crippen molar-refractivity contribution in [2.75, 3.05) is 6.54 Å². The van der Waals surface area contributed by atoms with E-state index in [1.807, 2.05) is 12.4 Å². The van der Waals surface area contributed by atoms with Gasteiger partial charge in [0.25, 0.3) is 0 Å². The van der Waals surface area contributed by atoms with E-state index in [9.17, 15) is 0 Å². The highest BCUT2D eigenvalue weighted by Gasteiger charge is 2.20. The number of hydrogen-bond donors (Lipinski definition) is 1. The minimum absolute atomic E-state index is 0.519. The lowest BCUT2D eigenvalue weighted by Gasteiger charge is -2.23. The number of aromatic nitrogens is 4. The molecule has 5 nitrogen and oxygen atoms in total. The van der Waals surface area contributed by atoms with Crippen molar-refractivity contribution in [1.29, 1.82) is 0 Å². The van der Waals surface area contributed by atoms with Gasteiger partial charge in [0.15, 0.2) is 0 Å². The van der Waals surface area contributed by atoms with E-state index in [1.165, 1.54) is 29.9 Å². The Kier molecular flexibility index (Phi) is 3.42. The molecule has 0 radical (unpaired) electrons. The molecule has 1 aliphatic rings. The Morgan fingerprint density at radius 3 is 3.23 bits per heavy atom. The molecule has 1 unspecified atom stereocenters. The fourth-order valence-electron chi connectivity index (χ4n) is 3.34. The Balaban J connectivity index is 1.43. The minimum Gasteiger partial charge on any atom is -0.335 e. The van der Waals surface area contributed by atoms with Crippen LogP contribution in [0.25, 0.3) is 5.65 Å². The van der Waals surface area contributed by atoms with Gasteiger partial charge in [-0.15, -0.1) is 0 Å². The average molecular weight is 295 g/mol. The Morgan fingerprint density at radius 2 is 2.27 bits per heavy atom. The number of nitrogens with one attached hydrogen (secondary N) is 1. The van der Waals surface area contributed by atoms with Gasteiger partial charge in [-0.2, -0.15) is 0 Å². The number of imidazole rings is 2. The van der Waals surface area contributed by atoms with E-state index in [0.717, 1.165) is 25.3 Å². The van der Waals surface area contributed by atoms with E-state index >= 15 is 0 Å². The lowest BCUT2D eigenvalue weighted by Crippen LogP contribution is -2.26. The lowest BCUT2D eigenvalue weighted by atomic mass is 9.99. The summed E-state index contributed by atoms with van der Waals surface area (Å²) in [5.41, 5.74) is 3.46. The maximum Gasteiger partial charge on any atom is 0.137 e. The molecule has 0 aliphatic carbocycles. The van der Waals surface area contributed by atoms with Crippen LogP contribution in [0.15, 0.2) is 36.9 Å². The first-order valence-corrected chi connectivity index (χ1v) is 7.95. The molecule has 0 aromatic carbocycles. The maximum absolute atomic E-state index is 4.52. The number of nitrogens with zero attached hydrogens (tertiary/aromatic N) is 4. The fraction of sp³-hybridized carbons (Fsp3) is 0.412. The molecule has 0 bridgehead atoms. The zero-order chi connectivity index (χ0) is 14.9. The summed E-state index contributed by atoms with van der Waals surface area (Å²) in [6.45, 7) is 5.01. The average Bonchev–Trinajstić information content (AvgIpc) is 3.14. The van der Waals surface area contributed by atoms with Gasteiger partial charge in [-0.25, -0.2) is 9.97 Å². The second-order valence-corrected chi connectivity index (χ2v) is 6.13. The predicted octanol–water partition coefficient (Wildman–Crippen LogP) is 2.51. The smallest absolute Gasteiger partial charge is 0.137 e. The summed E-state index contributed by atoms with van der Waals surface area (Å²) in [6.07, 6.45) is 10.5. The van der Waals surface area contributed by atoms with E-state index in [0.29, 0.717) is 5.92 Å². The normalized spacial score (nSPS) is 17.8. The van der Waals surface area contributed by atoms with Crippen LogP contribution in [0.4, 0.5) is 0 Å². The molecular weight excluding hydrogens is 274 g/mol. The first kappa shape index (κ1) is 13.5. The van der Waals surface area contributed by atoms with Crippen molar-refractivity contribution in [3.63, 3.8) is 0 Å². The van der Waals surface area contributed by atoms with Crippen molar-refractivity contribution in [2.24, 2.45) is 0 Å². The first-order valence-electron chi connectivity index (χ1n) is 7.95. The van der Waals surface area contributed by atoms with Crippen LogP contribution in [0.1, 0.15) is 35.8 Å². The summed E-state index contributed by atoms with van der Waals surface area (Å²) in [7, 11) is 0. The van der Waals surface area contributed by atoms with Crippen LogP contribution in [0, 0.1) is 6.92 Å². The zero-order valence-corrected chi connectivity index (χ0v) is 12.9. The van der Waals surface area contributed by atoms with E-state index in [-0.39, 0.29) is 0 Å². The van der Waals surface area contributed by atoms with Gasteiger partial charge in [0, 0.05) is 44.1 Å². The van der Waals surface area contributed by atoms with Crippen molar-refractivity contribution in [3.05, 3.63) is 54.0 Å². The van der Waals surface area contributed by atoms with Crippen LogP contribution >= 0.6 is 0 Å². The van der Waals surface area contributed by atoms with Crippen molar-refractivity contribution in [2.45, 2.75) is 38.8 Å². The van der Waals surface area contributed by atoms with Gasteiger partial charge in [0.2, 0.25) is 0 Å². The molecule has 3 aromatic heterocycles. The number of rotatable bonds is 4. The van der Waals surface area contributed by atoms with Crippen molar-refractivity contribution < 1.29 is 0 Å². The van der Waals surface area contributed by atoms with E-state index in [1.54, 1.807) is 0 Å². The summed E-state index contributed by atoms with van der Waals surface area (Å²) >= 11 is 0. The number of hydrogen-bond acceptors (Lipinski definition) is 3. The van der Waals surface area contributed by atoms with Gasteiger partial charge >= 0.3 is 0 Å². The molecule has 3 aromatic rings. The summed E-state index contributed by atoms with van der Waals surface area (Å²) in [5.74, 6) is 1.75. The third-order valence-electron chi connectivity index (χ3n) is 4.51. The van der Waals surface area contributed by atoms with Gasteiger partial charge in [0.1, 0.15) is 11.5 Å². The molecule has 0 fully saturated rings. The summed E-state index contributed by atoms with van der Waals surface area (Å²) < 4.78 is 4.44. The molecule has 1 aliphatic heterocycles. The number of pyridine rings is 1. The van der Waals surface area contributed by atoms with Crippen LogP contribution in [-0.2, 0) is 13.1 Å². The van der Waals surface area contributed by atoms with Crippen LogP contribution < -0.4 is 5.32 Å². The highest BCUT2D eigenvalue weighted by atomic mass is 15.1. The molecule has 4 heterocycles. The third kappa shape index (κ3) is 2.41. The molecule has 0 saturated heterocycles. The molecule has 0 saturated carbocycles.